The Labute approximate surface area is 250 Å². The Hall–Kier alpha value is -4.58. The van der Waals surface area contributed by atoms with Gasteiger partial charge in [0.1, 0.15) is 5.75 Å². The minimum atomic E-state index is -1.25. The number of likely N-dealkylation sites (tertiary alicyclic amines) is 1. The number of ketones is 2. The maximum absolute atomic E-state index is 14.9. The number of phenols is 1. The number of Topliss-reactive ketones (excluding diaryl/α,β-unsaturated/α-hetero) is 1. The topological polar surface area (TPSA) is 91.8 Å². The monoisotopic (exact) mass is 571 g/mol. The number of carbonyl (C=O) groups is 4. The third-order valence-electron chi connectivity index (χ3n) is 10.1. The zero-order valence-electron chi connectivity index (χ0n) is 24.0. The summed E-state index contributed by atoms with van der Waals surface area (Å²) in [5.41, 5.74) is 2.30. The molecule has 1 saturated heterocycles. The van der Waals surface area contributed by atoms with Gasteiger partial charge in [0.2, 0.25) is 11.8 Å². The fourth-order valence-corrected chi connectivity index (χ4v) is 8.43. The smallest absolute Gasteiger partial charge is 0.233 e. The van der Waals surface area contributed by atoms with Crippen LogP contribution in [0.15, 0.2) is 103 Å². The zero-order chi connectivity index (χ0) is 29.9. The van der Waals surface area contributed by atoms with Crippen LogP contribution in [0.25, 0.3) is 5.57 Å². The molecule has 1 N–H and O–H groups in total. The first-order chi connectivity index (χ1) is 20.9. The van der Waals surface area contributed by atoms with Crippen LogP contribution in [-0.2, 0) is 24.6 Å². The summed E-state index contributed by atoms with van der Waals surface area (Å²) in [5, 5.41) is 10.2. The van der Waals surface area contributed by atoms with Crippen molar-refractivity contribution < 1.29 is 24.3 Å². The molecule has 216 valence electrons. The Bertz CT molecular complexity index is 1690. The SMILES string of the molecule is CCCN1C(=O)[C@H]2[C@H](CC=C3[C@H]2C[C@H]2C(=O)C(c4ccccc4)=CC(=O)[C@@]2(c2ccccc2)[C@H]3c2ccc(O)cc2)C1=O. The van der Waals surface area contributed by atoms with E-state index >= 15 is 0 Å². The molecule has 1 heterocycles. The van der Waals surface area contributed by atoms with Gasteiger partial charge in [-0.1, -0.05) is 91.4 Å². The summed E-state index contributed by atoms with van der Waals surface area (Å²) in [6, 6.07) is 25.6. The summed E-state index contributed by atoms with van der Waals surface area (Å²) < 4.78 is 0. The molecular weight excluding hydrogens is 538 g/mol. The van der Waals surface area contributed by atoms with Crippen LogP contribution in [0.5, 0.6) is 5.75 Å². The first-order valence-electron chi connectivity index (χ1n) is 15.1. The summed E-state index contributed by atoms with van der Waals surface area (Å²) in [7, 11) is 0. The zero-order valence-corrected chi connectivity index (χ0v) is 24.0. The van der Waals surface area contributed by atoms with Crippen molar-refractivity contribution >= 4 is 29.0 Å². The molecule has 0 spiro atoms. The van der Waals surface area contributed by atoms with Gasteiger partial charge in [-0.3, -0.25) is 24.1 Å². The van der Waals surface area contributed by atoms with Crippen LogP contribution in [0.1, 0.15) is 48.8 Å². The average Bonchev–Trinajstić information content (AvgIpc) is 3.28. The van der Waals surface area contributed by atoms with Crippen molar-refractivity contribution in [2.75, 3.05) is 6.54 Å². The predicted octanol–water partition coefficient (Wildman–Crippen LogP) is 5.63. The standard InChI is InChI=1S/C37H33NO5/c1-2-19-38-35(42)27-18-17-26-29(32(27)36(38)43)20-30-34(41)28(22-9-5-3-6-10-22)21-31(40)37(30,24-11-7-4-8-12-24)33(26)23-13-15-25(39)16-14-23/h3-17,21,27,29-30,32-33,39H,2,18-20H2,1H3/t27-,29+,30-,32-,33-,37-/m0/s1. The van der Waals surface area contributed by atoms with Crippen LogP contribution < -0.4 is 0 Å². The number of aromatic hydroxyl groups is 1. The Kier molecular flexibility index (Phi) is 6.53. The molecule has 0 unspecified atom stereocenters. The second kappa shape index (κ2) is 10.3. The maximum Gasteiger partial charge on any atom is 0.233 e. The van der Waals surface area contributed by atoms with E-state index in [9.17, 15) is 24.3 Å². The van der Waals surface area contributed by atoms with Crippen LogP contribution in [0.4, 0.5) is 0 Å². The highest BCUT2D eigenvalue weighted by molar-refractivity contribution is 6.31. The van der Waals surface area contributed by atoms with Crippen molar-refractivity contribution in [2.45, 2.75) is 37.5 Å². The molecule has 6 nitrogen and oxygen atoms in total. The molecule has 3 aromatic rings. The average molecular weight is 572 g/mol. The van der Waals surface area contributed by atoms with Crippen molar-refractivity contribution in [3.8, 4) is 5.75 Å². The molecule has 0 bridgehead atoms. The number of carbonyl (C=O) groups excluding carboxylic acids is 4. The highest BCUT2D eigenvalue weighted by Gasteiger charge is 2.65. The Morgan fingerprint density at radius 2 is 1.51 bits per heavy atom. The highest BCUT2D eigenvalue weighted by Crippen LogP contribution is 2.63. The Morgan fingerprint density at radius 1 is 0.837 bits per heavy atom. The molecule has 6 heteroatoms. The van der Waals surface area contributed by atoms with E-state index in [0.717, 1.165) is 16.7 Å². The molecule has 7 rings (SSSR count). The van der Waals surface area contributed by atoms with Gasteiger partial charge in [-0.2, -0.15) is 0 Å². The van der Waals surface area contributed by atoms with Gasteiger partial charge in [0.05, 0.1) is 17.3 Å². The first-order valence-corrected chi connectivity index (χ1v) is 15.1. The van der Waals surface area contributed by atoms with E-state index in [1.165, 1.54) is 11.0 Å². The van der Waals surface area contributed by atoms with Crippen molar-refractivity contribution in [3.63, 3.8) is 0 Å². The highest BCUT2D eigenvalue weighted by atomic mass is 16.3. The molecule has 0 radical (unpaired) electrons. The molecule has 3 aromatic carbocycles. The quantitative estimate of drug-likeness (QED) is 0.317. The van der Waals surface area contributed by atoms with E-state index in [1.807, 2.05) is 79.7 Å². The van der Waals surface area contributed by atoms with E-state index in [2.05, 4.69) is 6.08 Å². The van der Waals surface area contributed by atoms with E-state index in [-0.39, 0.29) is 35.0 Å². The number of allylic oxidation sites excluding steroid dienone is 4. The van der Waals surface area contributed by atoms with Gasteiger partial charge in [0.15, 0.2) is 11.6 Å². The molecule has 2 amide bonds. The summed E-state index contributed by atoms with van der Waals surface area (Å²) in [5.74, 6) is -3.20. The maximum atomic E-state index is 14.9. The number of benzene rings is 3. The third kappa shape index (κ3) is 3.92. The molecule has 3 aliphatic carbocycles. The van der Waals surface area contributed by atoms with E-state index < -0.39 is 29.1 Å². The minimum absolute atomic E-state index is 0.100. The Morgan fingerprint density at radius 3 is 2.19 bits per heavy atom. The van der Waals surface area contributed by atoms with Gasteiger partial charge < -0.3 is 5.11 Å². The molecule has 0 aromatic heterocycles. The van der Waals surface area contributed by atoms with Crippen molar-refractivity contribution in [1.82, 2.24) is 4.90 Å². The number of amides is 2. The predicted molar refractivity (Wildman–Crippen MR) is 162 cm³/mol. The van der Waals surface area contributed by atoms with E-state index in [4.69, 9.17) is 0 Å². The number of rotatable bonds is 5. The molecule has 43 heavy (non-hydrogen) atoms. The molecule has 2 fully saturated rings. The summed E-state index contributed by atoms with van der Waals surface area (Å²) in [6.07, 6.45) is 4.98. The van der Waals surface area contributed by atoms with Crippen molar-refractivity contribution in [2.24, 2.45) is 23.7 Å². The lowest BCUT2D eigenvalue weighted by molar-refractivity contribution is -0.140. The third-order valence-corrected chi connectivity index (χ3v) is 10.1. The van der Waals surface area contributed by atoms with Gasteiger partial charge in [-0.05, 0) is 60.1 Å². The molecule has 1 saturated carbocycles. The fourth-order valence-electron chi connectivity index (χ4n) is 8.43. The summed E-state index contributed by atoms with van der Waals surface area (Å²) in [4.78, 5) is 58.4. The lowest BCUT2D eigenvalue weighted by Gasteiger charge is -2.55. The van der Waals surface area contributed by atoms with Crippen LogP contribution in [0.3, 0.4) is 0 Å². The van der Waals surface area contributed by atoms with Gasteiger partial charge in [-0.25, -0.2) is 0 Å². The van der Waals surface area contributed by atoms with Gasteiger partial charge in [-0.15, -0.1) is 0 Å². The summed E-state index contributed by atoms with van der Waals surface area (Å²) in [6.45, 7) is 2.33. The number of fused-ring (bicyclic) bond motifs is 4. The number of imide groups is 1. The lowest BCUT2D eigenvalue weighted by atomic mass is 9.44. The lowest BCUT2D eigenvalue weighted by Crippen LogP contribution is -2.58. The molecular formula is C37H33NO5. The van der Waals surface area contributed by atoms with Crippen LogP contribution >= 0.6 is 0 Å². The van der Waals surface area contributed by atoms with Gasteiger partial charge in [0, 0.05) is 24.0 Å². The second-order valence-electron chi connectivity index (χ2n) is 12.2. The van der Waals surface area contributed by atoms with Gasteiger partial charge >= 0.3 is 0 Å². The number of hydrogen-bond donors (Lipinski definition) is 1. The van der Waals surface area contributed by atoms with Crippen LogP contribution in [-0.4, -0.2) is 39.9 Å². The number of nitrogens with zero attached hydrogens (tertiary/aromatic N) is 1. The van der Waals surface area contributed by atoms with Gasteiger partial charge in [0.25, 0.3) is 0 Å². The number of hydrogen-bond acceptors (Lipinski definition) is 5. The Balaban J connectivity index is 1.49. The van der Waals surface area contributed by atoms with Crippen molar-refractivity contribution in [1.29, 1.82) is 0 Å². The largest absolute Gasteiger partial charge is 0.508 e. The molecule has 6 atom stereocenters. The van der Waals surface area contributed by atoms with Crippen LogP contribution in [0, 0.1) is 23.7 Å². The first kappa shape index (κ1) is 27.3. The molecule has 1 aliphatic heterocycles. The molecule has 4 aliphatic rings. The van der Waals surface area contributed by atoms with Crippen LogP contribution in [0.2, 0.25) is 0 Å². The van der Waals surface area contributed by atoms with Crippen molar-refractivity contribution in [3.05, 3.63) is 119 Å². The number of phenolic OH excluding ortho intramolecular Hbond substituents is 1. The fraction of sp³-hybridized carbons (Fsp3) is 0.297. The normalized spacial score (nSPS) is 29.9. The van der Waals surface area contributed by atoms with E-state index in [0.29, 0.717) is 36.9 Å². The second-order valence-corrected chi connectivity index (χ2v) is 12.2. The summed E-state index contributed by atoms with van der Waals surface area (Å²) >= 11 is 0. The minimum Gasteiger partial charge on any atom is -0.508 e. The van der Waals surface area contributed by atoms with E-state index in [1.54, 1.807) is 12.1 Å².